The first kappa shape index (κ1) is 19.9. The maximum atomic E-state index is 12.3. The molecule has 6 heteroatoms. The van der Waals surface area contributed by atoms with Gasteiger partial charge in [0.05, 0.1) is 14.2 Å². The zero-order valence-electron chi connectivity index (χ0n) is 16.2. The molecule has 0 aliphatic heterocycles. The molecule has 0 atom stereocenters. The Kier molecular flexibility index (Phi) is 6.47. The number of hydrogen-bond donors (Lipinski definition) is 1. The molecule has 0 bridgehead atoms. The third-order valence-electron chi connectivity index (χ3n) is 4.21. The highest BCUT2D eigenvalue weighted by Crippen LogP contribution is 2.19. The summed E-state index contributed by atoms with van der Waals surface area (Å²) in [6.45, 7) is -0.0946. The third kappa shape index (κ3) is 5.35. The van der Waals surface area contributed by atoms with E-state index in [-0.39, 0.29) is 18.3 Å². The molecule has 1 N–H and O–H groups in total. The lowest BCUT2D eigenvalue weighted by Crippen LogP contribution is -2.13. The molecular weight excluding hydrogens is 370 g/mol. The Morgan fingerprint density at radius 1 is 0.759 bits per heavy atom. The number of hydrogen-bond acceptors (Lipinski definition) is 5. The van der Waals surface area contributed by atoms with Gasteiger partial charge in [0, 0.05) is 16.8 Å². The molecule has 3 aromatic carbocycles. The smallest absolute Gasteiger partial charge is 0.255 e. The number of ketones is 1. The number of Topliss-reactive ketones (excluding diaryl/α,β-unsaturated/α-hetero) is 1. The van der Waals surface area contributed by atoms with Gasteiger partial charge in [0.2, 0.25) is 0 Å². The van der Waals surface area contributed by atoms with E-state index in [2.05, 4.69) is 5.32 Å². The summed E-state index contributed by atoms with van der Waals surface area (Å²) >= 11 is 0. The van der Waals surface area contributed by atoms with E-state index in [1.54, 1.807) is 87.0 Å². The van der Waals surface area contributed by atoms with Crippen molar-refractivity contribution in [2.24, 2.45) is 0 Å². The van der Waals surface area contributed by atoms with E-state index in [0.717, 1.165) is 0 Å². The Labute approximate surface area is 169 Å². The molecular formula is C23H21NO5. The second-order valence-electron chi connectivity index (χ2n) is 6.15. The van der Waals surface area contributed by atoms with Gasteiger partial charge in [0.25, 0.3) is 5.91 Å². The van der Waals surface area contributed by atoms with Crippen molar-refractivity contribution in [3.63, 3.8) is 0 Å². The largest absolute Gasteiger partial charge is 0.497 e. The molecule has 0 radical (unpaired) electrons. The van der Waals surface area contributed by atoms with Gasteiger partial charge in [-0.15, -0.1) is 0 Å². The number of benzene rings is 3. The quantitative estimate of drug-likeness (QED) is 0.582. The molecule has 29 heavy (non-hydrogen) atoms. The van der Waals surface area contributed by atoms with E-state index in [0.29, 0.717) is 34.1 Å². The minimum absolute atomic E-state index is 0.0946. The number of carbonyl (C=O) groups excluding carboxylic acids is 2. The van der Waals surface area contributed by atoms with Gasteiger partial charge in [-0.25, -0.2) is 0 Å². The molecule has 148 valence electrons. The standard InChI is InChI=1S/C23H21NO5/c1-27-20-7-3-5-16(13-20)22(25)15-29-19-11-9-18(10-12-19)24-23(26)17-6-4-8-21(14-17)28-2/h3-14H,15H2,1-2H3,(H,24,26). The summed E-state index contributed by atoms with van der Waals surface area (Å²) < 4.78 is 15.8. The average molecular weight is 391 g/mol. The van der Waals surface area contributed by atoms with Gasteiger partial charge < -0.3 is 19.5 Å². The van der Waals surface area contributed by atoms with Crippen LogP contribution in [0, 0.1) is 0 Å². The summed E-state index contributed by atoms with van der Waals surface area (Å²) in [5.41, 5.74) is 1.63. The van der Waals surface area contributed by atoms with Crippen LogP contribution in [0.4, 0.5) is 5.69 Å². The Morgan fingerprint density at radius 3 is 1.97 bits per heavy atom. The van der Waals surface area contributed by atoms with Crippen LogP contribution in [-0.2, 0) is 0 Å². The molecule has 6 nitrogen and oxygen atoms in total. The van der Waals surface area contributed by atoms with E-state index in [1.807, 2.05) is 0 Å². The van der Waals surface area contributed by atoms with E-state index in [4.69, 9.17) is 14.2 Å². The molecule has 0 aliphatic carbocycles. The van der Waals surface area contributed by atoms with Crippen LogP contribution in [0.5, 0.6) is 17.2 Å². The molecule has 0 saturated carbocycles. The predicted molar refractivity (Wildman–Crippen MR) is 110 cm³/mol. The lowest BCUT2D eigenvalue weighted by molar-refractivity contribution is 0.0921. The fourth-order valence-electron chi connectivity index (χ4n) is 2.63. The molecule has 0 aliphatic rings. The lowest BCUT2D eigenvalue weighted by atomic mass is 10.1. The fraction of sp³-hybridized carbons (Fsp3) is 0.130. The average Bonchev–Trinajstić information content (AvgIpc) is 2.78. The minimum atomic E-state index is -0.245. The minimum Gasteiger partial charge on any atom is -0.497 e. The topological polar surface area (TPSA) is 73.9 Å². The van der Waals surface area contributed by atoms with Crippen molar-refractivity contribution in [3.8, 4) is 17.2 Å². The molecule has 0 aromatic heterocycles. The molecule has 3 rings (SSSR count). The highest BCUT2D eigenvalue weighted by molar-refractivity contribution is 6.04. The van der Waals surface area contributed by atoms with Crippen molar-refractivity contribution < 1.29 is 23.8 Å². The van der Waals surface area contributed by atoms with E-state index in [1.165, 1.54) is 0 Å². The summed E-state index contributed by atoms with van der Waals surface area (Å²) in [4.78, 5) is 24.6. The van der Waals surface area contributed by atoms with E-state index >= 15 is 0 Å². The third-order valence-corrected chi connectivity index (χ3v) is 4.21. The first-order valence-electron chi connectivity index (χ1n) is 8.94. The van der Waals surface area contributed by atoms with Gasteiger partial charge in [-0.3, -0.25) is 9.59 Å². The van der Waals surface area contributed by atoms with Crippen LogP contribution in [0.15, 0.2) is 72.8 Å². The van der Waals surface area contributed by atoms with Crippen LogP contribution < -0.4 is 19.5 Å². The molecule has 0 heterocycles. The summed E-state index contributed by atoms with van der Waals surface area (Å²) in [5.74, 6) is 1.36. The van der Waals surface area contributed by atoms with Crippen molar-refractivity contribution in [2.75, 3.05) is 26.1 Å². The highest BCUT2D eigenvalue weighted by atomic mass is 16.5. The highest BCUT2D eigenvalue weighted by Gasteiger charge is 2.09. The van der Waals surface area contributed by atoms with Crippen LogP contribution in [0.2, 0.25) is 0 Å². The van der Waals surface area contributed by atoms with Gasteiger partial charge in [-0.2, -0.15) is 0 Å². The van der Waals surface area contributed by atoms with Crippen LogP contribution in [0.3, 0.4) is 0 Å². The van der Waals surface area contributed by atoms with Crippen molar-refractivity contribution in [1.29, 1.82) is 0 Å². The van der Waals surface area contributed by atoms with Gasteiger partial charge >= 0.3 is 0 Å². The van der Waals surface area contributed by atoms with Crippen molar-refractivity contribution >= 4 is 17.4 Å². The first-order chi connectivity index (χ1) is 14.1. The number of amides is 1. The number of methoxy groups -OCH3 is 2. The van der Waals surface area contributed by atoms with Gasteiger partial charge in [0.1, 0.15) is 17.2 Å². The molecule has 1 amide bonds. The maximum Gasteiger partial charge on any atom is 0.255 e. The lowest BCUT2D eigenvalue weighted by Gasteiger charge is -2.09. The summed E-state index contributed by atoms with van der Waals surface area (Å²) in [7, 11) is 3.10. The number of nitrogens with one attached hydrogen (secondary N) is 1. The maximum absolute atomic E-state index is 12.3. The Morgan fingerprint density at radius 2 is 1.34 bits per heavy atom. The normalized spacial score (nSPS) is 10.1. The monoisotopic (exact) mass is 391 g/mol. The van der Waals surface area contributed by atoms with Gasteiger partial charge in [-0.1, -0.05) is 18.2 Å². The van der Waals surface area contributed by atoms with Crippen LogP contribution in [-0.4, -0.2) is 32.5 Å². The second kappa shape index (κ2) is 9.41. The van der Waals surface area contributed by atoms with Gasteiger partial charge in [0.15, 0.2) is 12.4 Å². The summed E-state index contributed by atoms with van der Waals surface area (Å²) in [6, 6.07) is 20.6. The fourth-order valence-corrected chi connectivity index (χ4v) is 2.63. The molecule has 3 aromatic rings. The van der Waals surface area contributed by atoms with Crippen LogP contribution >= 0.6 is 0 Å². The Hall–Kier alpha value is -3.80. The van der Waals surface area contributed by atoms with Crippen LogP contribution in [0.1, 0.15) is 20.7 Å². The summed E-state index contributed by atoms with van der Waals surface area (Å²) in [5, 5.41) is 2.81. The van der Waals surface area contributed by atoms with Gasteiger partial charge in [-0.05, 0) is 54.6 Å². The number of carbonyl (C=O) groups is 2. The Bertz CT molecular complexity index is 998. The van der Waals surface area contributed by atoms with Crippen LogP contribution in [0.25, 0.3) is 0 Å². The first-order valence-corrected chi connectivity index (χ1v) is 8.94. The Balaban J connectivity index is 1.57. The molecule has 0 unspecified atom stereocenters. The van der Waals surface area contributed by atoms with Crippen molar-refractivity contribution in [1.82, 2.24) is 0 Å². The zero-order valence-corrected chi connectivity index (χ0v) is 16.2. The van der Waals surface area contributed by atoms with Crippen molar-refractivity contribution in [2.45, 2.75) is 0 Å². The molecule has 0 saturated heterocycles. The molecule has 0 spiro atoms. The number of ether oxygens (including phenoxy) is 3. The number of rotatable bonds is 8. The number of anilines is 1. The summed E-state index contributed by atoms with van der Waals surface area (Å²) in [6.07, 6.45) is 0. The predicted octanol–water partition coefficient (Wildman–Crippen LogP) is 4.22. The van der Waals surface area contributed by atoms with E-state index in [9.17, 15) is 9.59 Å². The molecule has 0 fully saturated rings. The second-order valence-corrected chi connectivity index (χ2v) is 6.15. The zero-order chi connectivity index (χ0) is 20.6. The SMILES string of the molecule is COc1cccc(C(=O)COc2ccc(NC(=O)c3cccc(OC)c3)cc2)c1. The van der Waals surface area contributed by atoms with E-state index < -0.39 is 0 Å². The van der Waals surface area contributed by atoms with Crippen molar-refractivity contribution in [3.05, 3.63) is 83.9 Å².